The van der Waals surface area contributed by atoms with Gasteiger partial charge in [0, 0.05) is 0 Å². The fourth-order valence-corrected chi connectivity index (χ4v) is 0.591. The van der Waals surface area contributed by atoms with Gasteiger partial charge < -0.3 is 0 Å². The smallest absolute Gasteiger partial charge is 0.141 e. The third kappa shape index (κ3) is 9.29. The topological polar surface area (TPSA) is 0 Å². The van der Waals surface area contributed by atoms with Crippen LogP contribution in [0.5, 0.6) is 0 Å². The van der Waals surface area contributed by atoms with Crippen LogP contribution in [0.25, 0.3) is 0 Å². The van der Waals surface area contributed by atoms with Gasteiger partial charge in [0.25, 0.3) is 0 Å². The molecule has 0 aliphatic rings. The van der Waals surface area contributed by atoms with Crippen molar-refractivity contribution in [1.82, 2.24) is 0 Å². The van der Waals surface area contributed by atoms with E-state index < -0.39 is 0 Å². The molecule has 0 aromatic heterocycles. The highest BCUT2D eigenvalue weighted by Crippen LogP contribution is 2.08. The van der Waals surface area contributed by atoms with Crippen LogP contribution in [0.15, 0.2) is 29.2 Å². The molecule has 0 atom stereocenters. The molecule has 1 aromatic carbocycles. The third-order valence-electron chi connectivity index (χ3n) is 0.837. The molecule has 0 nitrogen and oxygen atoms in total. The van der Waals surface area contributed by atoms with Crippen molar-refractivity contribution in [3.05, 3.63) is 30.1 Å². The Hall–Kier alpha value is -0.620. The highest BCUT2D eigenvalue weighted by Gasteiger charge is 1.91. The van der Waals surface area contributed by atoms with Crippen LogP contribution in [0.4, 0.5) is 23.2 Å². The second kappa shape index (κ2) is 13.9. The Bertz CT molecular complexity index is 177. The fraction of sp³-hybridized carbons (Fsp3) is 0. The van der Waals surface area contributed by atoms with E-state index >= 15 is 0 Å². The summed E-state index contributed by atoms with van der Waals surface area (Å²) in [6.45, 7) is 0. The van der Waals surface area contributed by atoms with Crippen molar-refractivity contribution in [1.29, 1.82) is 0 Å². The lowest BCUT2D eigenvalue weighted by Gasteiger charge is -1.86. The van der Waals surface area contributed by atoms with Gasteiger partial charge in [-0.25, -0.2) is 4.39 Å². The summed E-state index contributed by atoms with van der Waals surface area (Å²) in [6, 6.07) is 6.24. The second-order valence-corrected chi connectivity index (χ2v) is 1.87. The zero-order chi connectivity index (χ0) is 5.98. The second-order valence-electron chi connectivity index (χ2n) is 1.43. The predicted molar refractivity (Wildman–Crippen MR) is 49.5 cm³/mol. The fourth-order valence-electron chi connectivity index (χ4n) is 0.445. The zero-order valence-corrected chi connectivity index (χ0v) is 7.77. The molecule has 0 fully saturated rings. The lowest BCUT2D eigenvalue weighted by molar-refractivity contribution is 0.602. The molecule has 0 saturated carbocycles. The van der Waals surface area contributed by atoms with Crippen LogP contribution in [0.1, 0.15) is 0 Å². The average molecular weight is 244 g/mol. The van der Waals surface area contributed by atoms with Gasteiger partial charge >= 0.3 is 0 Å². The van der Waals surface area contributed by atoms with Crippen molar-refractivity contribution >= 4 is 25.0 Å². The molecule has 0 bridgehead atoms. The van der Waals surface area contributed by atoms with Gasteiger partial charge in [-0.3, -0.25) is 18.8 Å². The Balaban J connectivity index is -0.0000000427. The van der Waals surface area contributed by atoms with E-state index in [0.29, 0.717) is 0 Å². The summed E-state index contributed by atoms with van der Waals surface area (Å²) in [5.41, 5.74) is 0. The lowest BCUT2D eigenvalue weighted by Crippen LogP contribution is -1.71. The van der Waals surface area contributed by atoms with Crippen LogP contribution in [0, 0.1) is 5.82 Å². The summed E-state index contributed by atoms with van der Waals surface area (Å²) < 4.78 is 12.2. The summed E-state index contributed by atoms with van der Waals surface area (Å²) in [4.78, 5) is 0.285. The molecule has 0 unspecified atom stereocenters. The van der Waals surface area contributed by atoms with Crippen LogP contribution in [-0.4, -0.2) is 0 Å². The van der Waals surface area contributed by atoms with E-state index in [1.807, 2.05) is 0 Å². The van der Waals surface area contributed by atoms with Crippen molar-refractivity contribution in [3.63, 3.8) is 0 Å². The van der Waals surface area contributed by atoms with E-state index in [-0.39, 0.29) is 41.9 Å². The van der Waals surface area contributed by atoms with E-state index in [1.165, 1.54) is 6.07 Å². The average Bonchev–Trinajstić information content (AvgIpc) is 1.77. The van der Waals surface area contributed by atoms with Gasteiger partial charge in [0.05, 0.1) is 4.90 Å². The molecular weight excluding hydrogens is 235 g/mol. The van der Waals surface area contributed by atoms with Crippen molar-refractivity contribution < 1.29 is 23.2 Å². The van der Waals surface area contributed by atoms with Gasteiger partial charge in [-0.1, -0.05) is 24.8 Å². The van der Waals surface area contributed by atoms with Gasteiger partial charge in [0.15, 0.2) is 0 Å². The van der Waals surface area contributed by atoms with Crippen molar-refractivity contribution in [2.75, 3.05) is 0 Å². The molecule has 0 spiro atoms. The van der Waals surface area contributed by atoms with Crippen molar-refractivity contribution in [3.8, 4) is 0 Å². The van der Waals surface area contributed by atoms with Gasteiger partial charge in [-0.2, -0.15) is 0 Å². The number of rotatable bonds is 0. The zero-order valence-electron chi connectivity index (χ0n) is 6.14. The molecule has 7 heteroatoms. The molecule has 1 rings (SSSR count). The molecule has 0 aliphatic carbocycles. The first-order chi connectivity index (χ1) is 3.80. The monoisotopic (exact) mass is 243 g/mol. The summed E-state index contributed by atoms with van der Waals surface area (Å²) >= 11 is 4.58. The van der Waals surface area contributed by atoms with Crippen LogP contribution in [0.2, 0.25) is 0 Å². The highest BCUT2D eigenvalue weighted by molar-refractivity contribution is 7.80. The van der Waals surface area contributed by atoms with E-state index in [9.17, 15) is 4.39 Å². The molecular formula is C6H9ClF5S. The maximum absolute atomic E-state index is 12.2. The van der Waals surface area contributed by atoms with E-state index in [2.05, 4.69) is 12.6 Å². The minimum absolute atomic E-state index is 0. The Morgan fingerprint density at radius 2 is 1.31 bits per heavy atom. The van der Waals surface area contributed by atoms with Gasteiger partial charge in [-0.15, -0.1) is 12.4 Å². The molecule has 1 aromatic rings. The van der Waals surface area contributed by atoms with E-state index in [4.69, 9.17) is 0 Å². The standard InChI is InChI=1S/C6H4FS.ClH.4FH/c7-5-3-1-2-4-6(5)8;;;;;/h1-4H;5*1H. The highest BCUT2D eigenvalue weighted by atomic mass is 35.5. The Morgan fingerprint density at radius 3 is 1.54 bits per heavy atom. The number of hydrogen-bond donors (Lipinski definition) is 0. The Kier molecular flexibility index (Phi) is 31.6. The molecule has 0 heterocycles. The van der Waals surface area contributed by atoms with Crippen molar-refractivity contribution in [2.45, 2.75) is 4.90 Å². The minimum atomic E-state index is -0.317. The number of hydrogen-bond acceptors (Lipinski definition) is 0. The normalized spacial score (nSPS) is 5.62. The number of benzene rings is 1. The molecule has 13 heavy (non-hydrogen) atoms. The van der Waals surface area contributed by atoms with Crippen LogP contribution in [0.3, 0.4) is 0 Å². The first-order valence-corrected chi connectivity index (χ1v) is 2.63. The van der Waals surface area contributed by atoms with E-state index in [1.54, 1.807) is 18.2 Å². The largest absolute Gasteiger partial charge is 0.269 e. The molecule has 0 saturated heterocycles. The third-order valence-corrected chi connectivity index (χ3v) is 1.17. The molecule has 81 valence electrons. The first kappa shape index (κ1) is 29.4. The van der Waals surface area contributed by atoms with Crippen LogP contribution >= 0.6 is 25.0 Å². The van der Waals surface area contributed by atoms with Gasteiger partial charge in [0.2, 0.25) is 0 Å². The Morgan fingerprint density at radius 1 is 0.923 bits per heavy atom. The van der Waals surface area contributed by atoms with Gasteiger partial charge in [0.1, 0.15) is 5.82 Å². The maximum atomic E-state index is 12.2. The van der Waals surface area contributed by atoms with E-state index in [0.717, 1.165) is 0 Å². The Labute approximate surface area is 83.8 Å². The predicted octanol–water partition coefficient (Wildman–Crippen LogP) is 3.41. The maximum Gasteiger partial charge on any atom is 0.141 e. The summed E-state index contributed by atoms with van der Waals surface area (Å²) in [5, 5.41) is 0. The molecule has 0 aliphatic heterocycles. The minimum Gasteiger partial charge on any atom is -0.269 e. The summed E-state index contributed by atoms with van der Waals surface area (Å²) in [7, 11) is 0. The SMILES string of the molecule is Cl.F.F.F.F.Fc1ccccc1[S]. The van der Waals surface area contributed by atoms with Crippen molar-refractivity contribution in [2.24, 2.45) is 0 Å². The molecule has 0 N–H and O–H groups in total. The van der Waals surface area contributed by atoms with Gasteiger partial charge in [-0.05, 0) is 12.1 Å². The quantitative estimate of drug-likeness (QED) is 0.613. The lowest BCUT2D eigenvalue weighted by atomic mass is 10.4. The van der Waals surface area contributed by atoms with Crippen LogP contribution < -0.4 is 0 Å². The van der Waals surface area contributed by atoms with Crippen LogP contribution in [-0.2, 0) is 0 Å². The number of halogens is 6. The summed E-state index contributed by atoms with van der Waals surface area (Å²) in [5.74, 6) is -0.317. The first-order valence-electron chi connectivity index (χ1n) is 2.22. The molecule has 0 amide bonds. The summed E-state index contributed by atoms with van der Waals surface area (Å²) in [6.07, 6.45) is 0. The molecule has 1 radical (unpaired) electrons.